The number of amides is 2. The third-order valence-corrected chi connectivity index (χ3v) is 5.45. The lowest BCUT2D eigenvalue weighted by atomic mass is 9.97. The normalized spacial score (nSPS) is 14.0. The zero-order valence-electron chi connectivity index (χ0n) is 19.9. The summed E-state index contributed by atoms with van der Waals surface area (Å²) >= 11 is 0. The number of carbonyl (C=O) groups is 2. The number of imide groups is 1. The molecule has 2 aromatic carbocycles. The molecule has 0 saturated heterocycles. The molecule has 0 aliphatic carbocycles. The van der Waals surface area contributed by atoms with Gasteiger partial charge in [0.05, 0.1) is 11.7 Å². The molecule has 0 aromatic heterocycles. The number of aryl methyl sites for hydroxylation is 2. The minimum absolute atomic E-state index is 0.117. The molecule has 0 saturated carbocycles. The summed E-state index contributed by atoms with van der Waals surface area (Å²) in [6.45, 7) is 8.74. The van der Waals surface area contributed by atoms with Crippen LogP contribution in [-0.4, -0.2) is 50.1 Å². The Morgan fingerprint density at radius 3 is 2.28 bits per heavy atom. The minimum atomic E-state index is -0.300. The van der Waals surface area contributed by atoms with Gasteiger partial charge in [0.15, 0.2) is 0 Å². The predicted molar refractivity (Wildman–Crippen MR) is 130 cm³/mol. The quantitative estimate of drug-likeness (QED) is 0.468. The van der Waals surface area contributed by atoms with E-state index in [0.29, 0.717) is 30.8 Å². The van der Waals surface area contributed by atoms with Crippen molar-refractivity contribution in [3.8, 4) is 0 Å². The van der Waals surface area contributed by atoms with Crippen LogP contribution in [0.25, 0.3) is 5.57 Å². The van der Waals surface area contributed by atoms with Gasteiger partial charge in [-0.2, -0.15) is 0 Å². The molecule has 1 N–H and O–H groups in total. The van der Waals surface area contributed by atoms with Gasteiger partial charge >= 0.3 is 0 Å². The van der Waals surface area contributed by atoms with Gasteiger partial charge in [-0.25, -0.2) is 0 Å². The van der Waals surface area contributed by atoms with Crippen molar-refractivity contribution in [1.29, 1.82) is 0 Å². The van der Waals surface area contributed by atoms with E-state index in [1.165, 1.54) is 4.90 Å². The van der Waals surface area contributed by atoms with Gasteiger partial charge in [0, 0.05) is 38.6 Å². The standard InChI is InChI=1S/C26H33N3O3/c1-17(2)32-15-7-14-29-25(30)23(22-13-8-18(3)16-19(22)4)24(26(29)31)27-20-9-11-21(12-10-20)28(5)6/h8-13,16-17,27H,7,14-15H2,1-6H3. The number of ether oxygens (including phenoxy) is 1. The Morgan fingerprint density at radius 1 is 1.00 bits per heavy atom. The summed E-state index contributed by atoms with van der Waals surface area (Å²) in [4.78, 5) is 30.0. The Hall–Kier alpha value is -3.12. The number of rotatable bonds is 9. The molecule has 1 heterocycles. The first-order chi connectivity index (χ1) is 15.2. The lowest BCUT2D eigenvalue weighted by molar-refractivity contribution is -0.137. The molecule has 1 aliphatic heterocycles. The van der Waals surface area contributed by atoms with E-state index in [9.17, 15) is 9.59 Å². The van der Waals surface area contributed by atoms with Crippen molar-refractivity contribution < 1.29 is 14.3 Å². The molecule has 6 heteroatoms. The second-order valence-corrected chi connectivity index (χ2v) is 8.67. The molecular formula is C26H33N3O3. The maximum absolute atomic E-state index is 13.4. The summed E-state index contributed by atoms with van der Waals surface area (Å²) in [6.07, 6.45) is 0.715. The molecule has 3 rings (SSSR count). The van der Waals surface area contributed by atoms with Gasteiger partial charge in [-0.3, -0.25) is 14.5 Å². The highest BCUT2D eigenvalue weighted by Crippen LogP contribution is 2.33. The van der Waals surface area contributed by atoms with Crippen molar-refractivity contribution in [3.05, 3.63) is 64.9 Å². The number of hydrogen-bond acceptors (Lipinski definition) is 5. The van der Waals surface area contributed by atoms with E-state index in [4.69, 9.17) is 4.74 Å². The molecule has 0 radical (unpaired) electrons. The topological polar surface area (TPSA) is 61.9 Å². The second kappa shape index (κ2) is 10.0. The van der Waals surface area contributed by atoms with Crippen molar-refractivity contribution >= 4 is 28.8 Å². The van der Waals surface area contributed by atoms with Crippen LogP contribution in [0.4, 0.5) is 11.4 Å². The summed E-state index contributed by atoms with van der Waals surface area (Å²) in [5.41, 5.74) is 5.42. The van der Waals surface area contributed by atoms with Gasteiger partial charge in [0.1, 0.15) is 5.70 Å². The van der Waals surface area contributed by atoms with Gasteiger partial charge < -0.3 is 15.0 Å². The van der Waals surface area contributed by atoms with E-state index in [0.717, 1.165) is 28.1 Å². The summed E-state index contributed by atoms with van der Waals surface area (Å²) in [5, 5.41) is 3.23. The molecule has 170 valence electrons. The van der Waals surface area contributed by atoms with Gasteiger partial charge in [0.2, 0.25) is 0 Å². The zero-order chi connectivity index (χ0) is 23.4. The highest BCUT2D eigenvalue weighted by Gasteiger charge is 2.39. The molecule has 0 bridgehead atoms. The molecule has 0 unspecified atom stereocenters. The zero-order valence-corrected chi connectivity index (χ0v) is 19.9. The third-order valence-electron chi connectivity index (χ3n) is 5.45. The monoisotopic (exact) mass is 435 g/mol. The second-order valence-electron chi connectivity index (χ2n) is 8.67. The molecule has 0 atom stereocenters. The van der Waals surface area contributed by atoms with Crippen molar-refractivity contribution in [2.75, 3.05) is 37.5 Å². The van der Waals surface area contributed by atoms with Crippen molar-refractivity contribution in [2.45, 2.75) is 40.2 Å². The summed E-state index contributed by atoms with van der Waals surface area (Å²) in [6, 6.07) is 13.7. The van der Waals surface area contributed by atoms with Crippen LogP contribution in [0.3, 0.4) is 0 Å². The van der Waals surface area contributed by atoms with Crippen molar-refractivity contribution in [1.82, 2.24) is 4.90 Å². The van der Waals surface area contributed by atoms with Gasteiger partial charge in [-0.15, -0.1) is 0 Å². The average Bonchev–Trinajstić information content (AvgIpc) is 2.95. The van der Waals surface area contributed by atoms with Crippen LogP contribution >= 0.6 is 0 Å². The molecule has 1 aliphatic rings. The average molecular weight is 436 g/mol. The minimum Gasteiger partial charge on any atom is -0.379 e. The summed E-state index contributed by atoms with van der Waals surface area (Å²) in [5.74, 6) is -0.565. The number of nitrogens with one attached hydrogen (secondary N) is 1. The summed E-state index contributed by atoms with van der Waals surface area (Å²) < 4.78 is 5.59. The Morgan fingerprint density at radius 2 is 1.69 bits per heavy atom. The van der Waals surface area contributed by atoms with Crippen LogP contribution < -0.4 is 10.2 Å². The number of benzene rings is 2. The number of anilines is 2. The SMILES string of the molecule is Cc1ccc(C2=C(Nc3ccc(N(C)C)cc3)C(=O)N(CCCOC(C)C)C2=O)c(C)c1. The fraction of sp³-hybridized carbons (Fsp3) is 0.385. The van der Waals surface area contributed by atoms with Crippen LogP contribution in [0, 0.1) is 13.8 Å². The Bertz CT molecular complexity index is 1020. The third kappa shape index (κ3) is 5.19. The van der Waals surface area contributed by atoms with Gasteiger partial charge in [0.25, 0.3) is 11.8 Å². The Kier molecular flexibility index (Phi) is 7.36. The first-order valence-corrected chi connectivity index (χ1v) is 11.0. The first kappa shape index (κ1) is 23.5. The Balaban J connectivity index is 1.93. The van der Waals surface area contributed by atoms with Crippen LogP contribution in [0.5, 0.6) is 0 Å². The molecule has 2 amide bonds. The molecule has 2 aromatic rings. The lowest BCUT2D eigenvalue weighted by Crippen LogP contribution is -2.34. The smallest absolute Gasteiger partial charge is 0.278 e. The lowest BCUT2D eigenvalue weighted by Gasteiger charge is -2.16. The number of carbonyl (C=O) groups excluding carboxylic acids is 2. The molecular weight excluding hydrogens is 402 g/mol. The predicted octanol–water partition coefficient (Wildman–Crippen LogP) is 4.38. The fourth-order valence-corrected chi connectivity index (χ4v) is 3.77. The number of hydrogen-bond donors (Lipinski definition) is 1. The molecule has 6 nitrogen and oxygen atoms in total. The van der Waals surface area contributed by atoms with Crippen molar-refractivity contribution in [2.24, 2.45) is 0 Å². The first-order valence-electron chi connectivity index (χ1n) is 11.0. The highest BCUT2D eigenvalue weighted by atomic mass is 16.5. The number of nitrogens with zero attached hydrogens (tertiary/aromatic N) is 2. The van der Waals surface area contributed by atoms with E-state index in [1.807, 2.05) is 89.2 Å². The molecule has 32 heavy (non-hydrogen) atoms. The maximum Gasteiger partial charge on any atom is 0.278 e. The van der Waals surface area contributed by atoms with E-state index in [1.54, 1.807) is 0 Å². The molecule has 0 spiro atoms. The van der Waals surface area contributed by atoms with Gasteiger partial charge in [-0.05, 0) is 69.5 Å². The van der Waals surface area contributed by atoms with Crippen LogP contribution in [-0.2, 0) is 14.3 Å². The van der Waals surface area contributed by atoms with Crippen LogP contribution in [0.2, 0.25) is 0 Å². The van der Waals surface area contributed by atoms with E-state index in [2.05, 4.69) is 5.32 Å². The van der Waals surface area contributed by atoms with E-state index in [-0.39, 0.29) is 17.9 Å². The largest absolute Gasteiger partial charge is 0.379 e. The van der Waals surface area contributed by atoms with Crippen LogP contribution in [0.1, 0.15) is 37.0 Å². The highest BCUT2D eigenvalue weighted by molar-refractivity contribution is 6.36. The van der Waals surface area contributed by atoms with E-state index >= 15 is 0 Å². The molecule has 0 fully saturated rings. The Labute approximate surface area is 190 Å². The van der Waals surface area contributed by atoms with Gasteiger partial charge in [-0.1, -0.05) is 23.8 Å². The van der Waals surface area contributed by atoms with Crippen molar-refractivity contribution in [3.63, 3.8) is 0 Å². The fourth-order valence-electron chi connectivity index (χ4n) is 3.77. The van der Waals surface area contributed by atoms with E-state index < -0.39 is 0 Å². The van der Waals surface area contributed by atoms with Crippen LogP contribution in [0.15, 0.2) is 48.2 Å². The summed E-state index contributed by atoms with van der Waals surface area (Å²) in [7, 11) is 3.95. The maximum atomic E-state index is 13.4.